The summed E-state index contributed by atoms with van der Waals surface area (Å²) in [6, 6.07) is 0. The van der Waals surface area contributed by atoms with Crippen LogP contribution in [0.2, 0.25) is 0 Å². The van der Waals surface area contributed by atoms with Gasteiger partial charge in [-0.05, 0) is 45.1 Å². The molecule has 0 bridgehead atoms. The van der Waals surface area contributed by atoms with Crippen molar-refractivity contribution in [1.82, 2.24) is 14.9 Å². The molecule has 0 atom stereocenters. The number of amides is 1. The first kappa shape index (κ1) is 15.7. The number of aliphatic hydroxyl groups is 1. The number of carbonyl (C=O) groups is 1. The zero-order valence-corrected chi connectivity index (χ0v) is 12.9. The summed E-state index contributed by atoms with van der Waals surface area (Å²) in [5.41, 5.74) is 0.609. The molecule has 0 aromatic carbocycles. The van der Waals surface area contributed by atoms with Crippen molar-refractivity contribution < 1.29 is 14.6 Å². The van der Waals surface area contributed by atoms with Gasteiger partial charge in [0.15, 0.2) is 5.82 Å². The summed E-state index contributed by atoms with van der Waals surface area (Å²) in [7, 11) is 0. The molecule has 0 aliphatic carbocycles. The van der Waals surface area contributed by atoms with Crippen LogP contribution in [0.1, 0.15) is 50.9 Å². The Morgan fingerprint density at radius 1 is 1.33 bits per heavy atom. The fourth-order valence-electron chi connectivity index (χ4n) is 2.38. The van der Waals surface area contributed by atoms with Crippen LogP contribution in [0.25, 0.3) is 0 Å². The summed E-state index contributed by atoms with van der Waals surface area (Å²) in [4.78, 5) is 22.0. The second kappa shape index (κ2) is 6.39. The highest BCUT2D eigenvalue weighted by Crippen LogP contribution is 2.27. The van der Waals surface area contributed by atoms with Crippen molar-refractivity contribution in [3.05, 3.63) is 23.8 Å². The topological polar surface area (TPSA) is 75.5 Å². The lowest BCUT2D eigenvalue weighted by atomic mass is 9.91. The van der Waals surface area contributed by atoms with E-state index in [-0.39, 0.29) is 12.7 Å². The summed E-state index contributed by atoms with van der Waals surface area (Å²) in [6.45, 7) is 6.84. The monoisotopic (exact) mass is 293 g/mol. The SMILES string of the molecule is CC(C)(C)OC(=O)N1CCC(c2cnc(CO)nc2)CC1. The van der Waals surface area contributed by atoms with E-state index in [1.165, 1.54) is 0 Å². The molecule has 21 heavy (non-hydrogen) atoms. The van der Waals surface area contributed by atoms with Gasteiger partial charge in [0.05, 0.1) is 0 Å². The fourth-order valence-corrected chi connectivity index (χ4v) is 2.38. The van der Waals surface area contributed by atoms with Crippen molar-refractivity contribution >= 4 is 6.09 Å². The molecule has 0 unspecified atom stereocenters. The van der Waals surface area contributed by atoms with Gasteiger partial charge in [0.25, 0.3) is 0 Å². The summed E-state index contributed by atoms with van der Waals surface area (Å²) in [6.07, 6.45) is 5.05. The molecular formula is C15H23N3O3. The lowest BCUT2D eigenvalue weighted by molar-refractivity contribution is 0.0204. The standard InChI is InChI=1S/C15H23N3O3/c1-15(2,3)21-14(20)18-6-4-11(5-7-18)12-8-16-13(10-19)17-9-12/h8-9,11,19H,4-7,10H2,1-3H3. The van der Waals surface area contributed by atoms with E-state index in [0.29, 0.717) is 24.8 Å². The summed E-state index contributed by atoms with van der Waals surface area (Å²) < 4.78 is 5.38. The molecule has 1 amide bonds. The smallest absolute Gasteiger partial charge is 0.410 e. The van der Waals surface area contributed by atoms with E-state index in [9.17, 15) is 4.79 Å². The largest absolute Gasteiger partial charge is 0.444 e. The Kier molecular flexibility index (Phi) is 4.77. The molecule has 1 saturated heterocycles. The molecule has 1 aliphatic rings. The van der Waals surface area contributed by atoms with Crippen LogP contribution in [0.15, 0.2) is 12.4 Å². The Morgan fingerprint density at radius 2 is 1.90 bits per heavy atom. The third-order valence-corrected chi connectivity index (χ3v) is 3.48. The molecule has 1 aromatic heterocycles. The van der Waals surface area contributed by atoms with Crippen molar-refractivity contribution in [2.45, 2.75) is 51.7 Å². The van der Waals surface area contributed by atoms with Gasteiger partial charge in [-0.3, -0.25) is 0 Å². The normalized spacial score (nSPS) is 16.9. The molecule has 1 aliphatic heterocycles. The zero-order valence-electron chi connectivity index (χ0n) is 12.9. The number of rotatable bonds is 2. The number of likely N-dealkylation sites (tertiary alicyclic amines) is 1. The summed E-state index contributed by atoms with van der Waals surface area (Å²) in [5.74, 6) is 0.793. The maximum Gasteiger partial charge on any atom is 0.410 e. The molecular weight excluding hydrogens is 270 g/mol. The van der Waals surface area contributed by atoms with Crippen molar-refractivity contribution in [3.63, 3.8) is 0 Å². The molecule has 1 fully saturated rings. The minimum atomic E-state index is -0.456. The number of aliphatic hydroxyl groups excluding tert-OH is 1. The zero-order chi connectivity index (χ0) is 15.5. The van der Waals surface area contributed by atoms with Gasteiger partial charge in [0.2, 0.25) is 0 Å². The molecule has 1 N–H and O–H groups in total. The predicted octanol–water partition coefficient (Wildman–Crippen LogP) is 2.08. The van der Waals surface area contributed by atoms with Gasteiger partial charge in [-0.2, -0.15) is 0 Å². The van der Waals surface area contributed by atoms with Crippen LogP contribution in [-0.4, -0.2) is 44.8 Å². The number of carbonyl (C=O) groups excluding carboxylic acids is 1. The first-order valence-corrected chi connectivity index (χ1v) is 7.28. The maximum atomic E-state index is 12.0. The minimum Gasteiger partial charge on any atom is -0.444 e. The van der Waals surface area contributed by atoms with Gasteiger partial charge in [-0.15, -0.1) is 0 Å². The average molecular weight is 293 g/mol. The molecule has 6 nitrogen and oxygen atoms in total. The van der Waals surface area contributed by atoms with Gasteiger partial charge < -0.3 is 14.7 Å². The Hall–Kier alpha value is -1.69. The molecule has 2 heterocycles. The van der Waals surface area contributed by atoms with E-state index in [2.05, 4.69) is 9.97 Å². The van der Waals surface area contributed by atoms with Crippen LogP contribution < -0.4 is 0 Å². The Bertz CT molecular complexity index is 474. The van der Waals surface area contributed by atoms with E-state index in [4.69, 9.17) is 9.84 Å². The quantitative estimate of drug-likeness (QED) is 0.903. The summed E-state index contributed by atoms with van der Waals surface area (Å²) >= 11 is 0. The number of hydrogen-bond acceptors (Lipinski definition) is 5. The van der Waals surface area contributed by atoms with E-state index >= 15 is 0 Å². The maximum absolute atomic E-state index is 12.0. The first-order chi connectivity index (χ1) is 9.89. The summed E-state index contributed by atoms with van der Waals surface area (Å²) in [5, 5.41) is 8.94. The Balaban J connectivity index is 1.89. The van der Waals surface area contributed by atoms with E-state index in [0.717, 1.165) is 18.4 Å². The van der Waals surface area contributed by atoms with E-state index in [1.54, 1.807) is 17.3 Å². The molecule has 0 saturated carbocycles. The highest BCUT2D eigenvalue weighted by Gasteiger charge is 2.27. The lowest BCUT2D eigenvalue weighted by Crippen LogP contribution is -2.41. The van der Waals surface area contributed by atoms with Gasteiger partial charge >= 0.3 is 6.09 Å². The van der Waals surface area contributed by atoms with Crippen molar-refractivity contribution in [2.75, 3.05) is 13.1 Å². The van der Waals surface area contributed by atoms with Gasteiger partial charge in [0, 0.05) is 25.5 Å². The van der Waals surface area contributed by atoms with E-state index in [1.807, 2.05) is 20.8 Å². The second-order valence-corrected chi connectivity index (χ2v) is 6.33. The number of aromatic nitrogens is 2. The Labute approximate surface area is 125 Å². The average Bonchev–Trinajstić information content (AvgIpc) is 2.46. The minimum absolute atomic E-state index is 0.141. The molecule has 0 radical (unpaired) electrons. The van der Waals surface area contributed by atoms with Crippen LogP contribution in [0.4, 0.5) is 4.79 Å². The fraction of sp³-hybridized carbons (Fsp3) is 0.667. The number of hydrogen-bond donors (Lipinski definition) is 1. The van der Waals surface area contributed by atoms with Crippen molar-refractivity contribution in [3.8, 4) is 0 Å². The lowest BCUT2D eigenvalue weighted by Gasteiger charge is -2.33. The van der Waals surface area contributed by atoms with Crippen molar-refractivity contribution in [2.24, 2.45) is 0 Å². The number of ether oxygens (including phenoxy) is 1. The Morgan fingerprint density at radius 3 is 2.38 bits per heavy atom. The van der Waals surface area contributed by atoms with Gasteiger partial charge in [-0.25, -0.2) is 14.8 Å². The highest BCUT2D eigenvalue weighted by atomic mass is 16.6. The molecule has 2 rings (SSSR count). The molecule has 0 spiro atoms. The van der Waals surface area contributed by atoms with Crippen LogP contribution in [-0.2, 0) is 11.3 Å². The predicted molar refractivity (Wildman–Crippen MR) is 77.7 cm³/mol. The van der Waals surface area contributed by atoms with Gasteiger partial charge in [-0.1, -0.05) is 0 Å². The number of nitrogens with zero attached hydrogens (tertiary/aromatic N) is 3. The third kappa shape index (κ3) is 4.39. The molecule has 6 heteroatoms. The van der Waals surface area contributed by atoms with Crippen molar-refractivity contribution in [1.29, 1.82) is 0 Å². The van der Waals surface area contributed by atoms with Crippen LogP contribution in [0.5, 0.6) is 0 Å². The third-order valence-electron chi connectivity index (χ3n) is 3.48. The van der Waals surface area contributed by atoms with Crippen LogP contribution in [0, 0.1) is 0 Å². The van der Waals surface area contributed by atoms with Crippen LogP contribution in [0.3, 0.4) is 0 Å². The van der Waals surface area contributed by atoms with E-state index < -0.39 is 5.60 Å². The second-order valence-electron chi connectivity index (χ2n) is 6.33. The highest BCUT2D eigenvalue weighted by molar-refractivity contribution is 5.68. The van der Waals surface area contributed by atoms with Gasteiger partial charge in [0.1, 0.15) is 12.2 Å². The van der Waals surface area contributed by atoms with Crippen LogP contribution >= 0.6 is 0 Å². The first-order valence-electron chi connectivity index (χ1n) is 7.28. The molecule has 1 aromatic rings. The molecule has 116 valence electrons. The number of piperidine rings is 1.